The van der Waals surface area contributed by atoms with E-state index in [1.54, 1.807) is 29.1 Å². The number of aryl methyl sites for hydroxylation is 2. The van der Waals surface area contributed by atoms with E-state index in [-0.39, 0.29) is 11.6 Å². The third-order valence-electron chi connectivity index (χ3n) is 3.81. The van der Waals surface area contributed by atoms with Crippen LogP contribution in [0.5, 0.6) is 0 Å². The number of anilines is 2. The van der Waals surface area contributed by atoms with Crippen LogP contribution in [0.4, 0.5) is 11.6 Å². The molecule has 128 valence electrons. The second-order valence-electron chi connectivity index (χ2n) is 5.40. The summed E-state index contributed by atoms with van der Waals surface area (Å²) in [6, 6.07) is 11.4. The van der Waals surface area contributed by atoms with E-state index in [0.29, 0.717) is 12.2 Å². The van der Waals surface area contributed by atoms with Crippen molar-refractivity contribution in [2.24, 2.45) is 0 Å². The molecular weight excluding hydrogens is 316 g/mol. The summed E-state index contributed by atoms with van der Waals surface area (Å²) >= 11 is 0. The van der Waals surface area contributed by atoms with Crippen LogP contribution < -0.4 is 16.5 Å². The Kier molecular flexibility index (Phi) is 5.03. The quantitative estimate of drug-likeness (QED) is 0.673. The van der Waals surface area contributed by atoms with Gasteiger partial charge in [-0.3, -0.25) is 15.8 Å². The molecule has 0 atom stereocenters. The molecule has 0 saturated heterocycles. The van der Waals surface area contributed by atoms with Gasteiger partial charge in [0, 0.05) is 18.8 Å². The fourth-order valence-corrected chi connectivity index (χ4v) is 2.57. The highest BCUT2D eigenvalue weighted by atomic mass is 16.1. The number of rotatable bonds is 6. The summed E-state index contributed by atoms with van der Waals surface area (Å²) in [4.78, 5) is 25.1. The Bertz CT molecular complexity index is 907. The smallest absolute Gasteiger partial charge is 0.298 e. The van der Waals surface area contributed by atoms with Gasteiger partial charge in [0.25, 0.3) is 0 Å². The van der Waals surface area contributed by atoms with E-state index in [2.05, 4.69) is 32.7 Å². The van der Waals surface area contributed by atoms with Crippen LogP contribution in [0.15, 0.2) is 53.6 Å². The first-order valence-electron chi connectivity index (χ1n) is 8.23. The summed E-state index contributed by atoms with van der Waals surface area (Å²) in [6.45, 7) is 4.03. The molecule has 0 aliphatic heterocycles. The minimum Gasteiger partial charge on any atom is -0.298 e. The predicted molar refractivity (Wildman–Crippen MR) is 97.9 cm³/mol. The van der Waals surface area contributed by atoms with Gasteiger partial charge >= 0.3 is 5.69 Å². The van der Waals surface area contributed by atoms with Crippen molar-refractivity contribution in [3.63, 3.8) is 0 Å². The zero-order valence-electron chi connectivity index (χ0n) is 14.2. The number of benzene rings is 1. The van der Waals surface area contributed by atoms with Crippen molar-refractivity contribution in [2.45, 2.75) is 26.7 Å². The van der Waals surface area contributed by atoms with Gasteiger partial charge in [-0.1, -0.05) is 32.0 Å². The second kappa shape index (κ2) is 7.57. The SMILES string of the molecule is CCc1ccccc1-n1c(CC)nc(NNc2ccncc2)nc1=O. The third kappa shape index (κ3) is 3.65. The van der Waals surface area contributed by atoms with Gasteiger partial charge < -0.3 is 0 Å². The van der Waals surface area contributed by atoms with E-state index in [0.717, 1.165) is 23.4 Å². The molecule has 2 aromatic heterocycles. The Morgan fingerprint density at radius 2 is 1.72 bits per heavy atom. The zero-order valence-corrected chi connectivity index (χ0v) is 14.2. The number of para-hydroxylation sites is 1. The Hall–Kier alpha value is -3.22. The summed E-state index contributed by atoms with van der Waals surface area (Å²) in [5.74, 6) is 0.892. The maximum Gasteiger partial charge on any atom is 0.356 e. The van der Waals surface area contributed by atoms with Gasteiger partial charge in [-0.05, 0) is 30.2 Å². The van der Waals surface area contributed by atoms with Crippen LogP contribution in [0, 0.1) is 0 Å². The molecule has 0 spiro atoms. The highest BCUT2D eigenvalue weighted by molar-refractivity contribution is 5.46. The van der Waals surface area contributed by atoms with E-state index >= 15 is 0 Å². The number of nitrogens with zero attached hydrogens (tertiary/aromatic N) is 4. The van der Waals surface area contributed by atoms with Gasteiger partial charge in [-0.15, -0.1) is 0 Å². The molecule has 0 bridgehead atoms. The number of pyridine rings is 1. The lowest BCUT2D eigenvalue weighted by atomic mass is 10.1. The normalized spacial score (nSPS) is 10.5. The molecule has 7 heteroatoms. The summed E-state index contributed by atoms with van der Waals surface area (Å²) < 4.78 is 1.58. The zero-order chi connectivity index (χ0) is 17.6. The van der Waals surface area contributed by atoms with Gasteiger partial charge in [-0.2, -0.15) is 9.97 Å². The average Bonchev–Trinajstić information content (AvgIpc) is 2.66. The second-order valence-corrected chi connectivity index (χ2v) is 5.40. The van der Waals surface area contributed by atoms with Gasteiger partial charge in [-0.25, -0.2) is 9.36 Å². The average molecular weight is 336 g/mol. The Balaban J connectivity index is 1.95. The van der Waals surface area contributed by atoms with Gasteiger partial charge in [0.2, 0.25) is 5.95 Å². The monoisotopic (exact) mass is 336 g/mol. The molecule has 0 unspecified atom stereocenters. The van der Waals surface area contributed by atoms with Crippen molar-refractivity contribution in [3.8, 4) is 5.69 Å². The first-order valence-corrected chi connectivity index (χ1v) is 8.23. The molecule has 0 fully saturated rings. The van der Waals surface area contributed by atoms with Crippen LogP contribution >= 0.6 is 0 Å². The molecule has 2 heterocycles. The Morgan fingerprint density at radius 1 is 0.960 bits per heavy atom. The molecule has 25 heavy (non-hydrogen) atoms. The lowest BCUT2D eigenvalue weighted by Crippen LogP contribution is -2.29. The molecule has 3 rings (SSSR count). The van der Waals surface area contributed by atoms with Crippen molar-refractivity contribution < 1.29 is 0 Å². The number of hydrazine groups is 1. The summed E-state index contributed by atoms with van der Waals surface area (Å²) in [5, 5.41) is 0. The van der Waals surface area contributed by atoms with Crippen molar-refractivity contribution in [1.29, 1.82) is 0 Å². The minimum atomic E-state index is -0.355. The van der Waals surface area contributed by atoms with Crippen LogP contribution in [0.1, 0.15) is 25.2 Å². The van der Waals surface area contributed by atoms with E-state index in [1.807, 2.05) is 31.2 Å². The molecule has 7 nitrogen and oxygen atoms in total. The lowest BCUT2D eigenvalue weighted by molar-refractivity contribution is 0.765. The summed E-state index contributed by atoms with van der Waals surface area (Å²) in [6.07, 6.45) is 4.78. The standard InChI is InChI=1S/C18H20N6O/c1-3-13-7-5-6-8-15(13)24-16(4-2)20-17(21-18(24)25)23-22-14-9-11-19-12-10-14/h5-12H,3-4H2,1-2H3,(H,19,22)(H,21,23,25). The maximum absolute atomic E-state index is 12.6. The topological polar surface area (TPSA) is 84.7 Å². The number of hydrogen-bond donors (Lipinski definition) is 2. The molecule has 0 saturated carbocycles. The molecule has 0 aliphatic carbocycles. The van der Waals surface area contributed by atoms with Gasteiger partial charge in [0.1, 0.15) is 5.82 Å². The van der Waals surface area contributed by atoms with Crippen molar-refractivity contribution >= 4 is 11.6 Å². The molecule has 1 aromatic carbocycles. The fourth-order valence-electron chi connectivity index (χ4n) is 2.57. The van der Waals surface area contributed by atoms with E-state index in [1.165, 1.54) is 0 Å². The van der Waals surface area contributed by atoms with Crippen LogP contribution in [0.2, 0.25) is 0 Å². The van der Waals surface area contributed by atoms with Crippen molar-refractivity contribution in [2.75, 3.05) is 10.9 Å². The third-order valence-corrected chi connectivity index (χ3v) is 3.81. The Morgan fingerprint density at radius 3 is 2.44 bits per heavy atom. The van der Waals surface area contributed by atoms with Gasteiger partial charge in [0.15, 0.2) is 0 Å². The van der Waals surface area contributed by atoms with Crippen molar-refractivity contribution in [1.82, 2.24) is 19.5 Å². The lowest BCUT2D eigenvalue weighted by Gasteiger charge is -2.15. The Labute approximate surface area is 145 Å². The first kappa shape index (κ1) is 16.6. The van der Waals surface area contributed by atoms with Gasteiger partial charge in [0.05, 0.1) is 11.4 Å². The van der Waals surface area contributed by atoms with E-state index in [4.69, 9.17) is 0 Å². The van der Waals surface area contributed by atoms with Crippen LogP contribution in [0.3, 0.4) is 0 Å². The van der Waals surface area contributed by atoms with E-state index in [9.17, 15) is 4.79 Å². The summed E-state index contributed by atoms with van der Waals surface area (Å²) in [7, 11) is 0. The molecule has 0 aliphatic rings. The first-order chi connectivity index (χ1) is 12.2. The fraction of sp³-hybridized carbons (Fsp3) is 0.222. The highest BCUT2D eigenvalue weighted by Crippen LogP contribution is 2.15. The molecule has 0 radical (unpaired) electrons. The van der Waals surface area contributed by atoms with Crippen LogP contribution in [-0.2, 0) is 12.8 Å². The number of aromatic nitrogens is 4. The van der Waals surface area contributed by atoms with Crippen LogP contribution in [-0.4, -0.2) is 19.5 Å². The van der Waals surface area contributed by atoms with E-state index < -0.39 is 0 Å². The predicted octanol–water partition coefficient (Wildman–Crippen LogP) is 2.59. The summed E-state index contributed by atoms with van der Waals surface area (Å²) in [5.41, 5.74) is 8.19. The number of nitrogens with one attached hydrogen (secondary N) is 2. The number of hydrogen-bond acceptors (Lipinski definition) is 6. The van der Waals surface area contributed by atoms with Crippen molar-refractivity contribution in [3.05, 3.63) is 70.7 Å². The molecule has 3 aromatic rings. The minimum absolute atomic E-state index is 0.240. The largest absolute Gasteiger partial charge is 0.356 e. The highest BCUT2D eigenvalue weighted by Gasteiger charge is 2.13. The molecule has 0 amide bonds. The molecule has 2 N–H and O–H groups in total. The molecular formula is C18H20N6O. The maximum atomic E-state index is 12.6. The van der Waals surface area contributed by atoms with Crippen LogP contribution in [0.25, 0.3) is 5.69 Å².